The van der Waals surface area contributed by atoms with Crippen LogP contribution in [0.5, 0.6) is 0 Å². The Morgan fingerprint density at radius 2 is 1.85 bits per heavy atom. The molecule has 2 rings (SSSR count). The van der Waals surface area contributed by atoms with Crippen LogP contribution in [0.4, 0.5) is 11.8 Å². The summed E-state index contributed by atoms with van der Waals surface area (Å²) in [5, 5.41) is 12.2. The predicted octanol–water partition coefficient (Wildman–Crippen LogP) is 3.76. The molecule has 0 aliphatic rings. The number of nitrogens with one attached hydrogen (secondary N) is 1. The molecule has 1 aromatic carbocycles. The highest BCUT2D eigenvalue weighted by Crippen LogP contribution is 2.36. The molecule has 0 fully saturated rings. The maximum atomic E-state index is 6.34. The number of anilines is 2. The molecule has 0 amide bonds. The van der Waals surface area contributed by atoms with Gasteiger partial charge in [-0.15, -0.1) is 10.2 Å². The van der Waals surface area contributed by atoms with E-state index in [-0.39, 0.29) is 17.1 Å². The van der Waals surface area contributed by atoms with Gasteiger partial charge in [0.2, 0.25) is 5.95 Å². The van der Waals surface area contributed by atoms with Gasteiger partial charge in [-0.2, -0.15) is 4.98 Å². The fraction of sp³-hybridized carbons (Fsp3) is 0.500. The van der Waals surface area contributed by atoms with Gasteiger partial charge in [0.15, 0.2) is 5.82 Å². The third kappa shape index (κ3) is 5.90. The van der Waals surface area contributed by atoms with Gasteiger partial charge in [0.25, 0.3) is 0 Å². The normalized spacial score (nSPS) is 12.3. The second-order valence-electron chi connectivity index (χ2n) is 7.54. The van der Waals surface area contributed by atoms with Crippen molar-refractivity contribution < 1.29 is 4.74 Å². The maximum Gasteiger partial charge on any atom is 0.242 e. The number of nitrogens with zero attached hydrogens (tertiary/aromatic N) is 3. The van der Waals surface area contributed by atoms with E-state index in [0.29, 0.717) is 46.7 Å². The number of hydrogen-bond acceptors (Lipinski definition) is 7. The van der Waals surface area contributed by atoms with Crippen molar-refractivity contribution in [3.05, 3.63) is 28.2 Å². The van der Waals surface area contributed by atoms with E-state index in [2.05, 4.69) is 20.5 Å². The number of nitrogens with two attached hydrogens (primary N) is 2. The summed E-state index contributed by atoms with van der Waals surface area (Å²) in [7, 11) is 0. The zero-order valence-electron chi connectivity index (χ0n) is 16.0. The van der Waals surface area contributed by atoms with Crippen LogP contribution in [0.3, 0.4) is 0 Å². The second-order valence-corrected chi connectivity index (χ2v) is 8.32. The van der Waals surface area contributed by atoms with Crippen molar-refractivity contribution in [2.24, 2.45) is 5.73 Å². The number of halogens is 2. The molecule has 27 heavy (non-hydrogen) atoms. The molecule has 1 aromatic heterocycles. The van der Waals surface area contributed by atoms with E-state index in [1.165, 1.54) is 0 Å². The van der Waals surface area contributed by atoms with Gasteiger partial charge in [0, 0.05) is 24.3 Å². The number of ether oxygens (including phenoxy) is 1. The van der Waals surface area contributed by atoms with Crippen LogP contribution >= 0.6 is 23.2 Å². The molecule has 5 N–H and O–H groups in total. The van der Waals surface area contributed by atoms with Crippen LogP contribution in [0.2, 0.25) is 10.0 Å². The molecule has 0 saturated carbocycles. The summed E-state index contributed by atoms with van der Waals surface area (Å²) in [6.07, 6.45) is 0.711. The Hall–Kier alpha value is -1.67. The first kappa shape index (κ1) is 21.6. The molecule has 148 valence electrons. The number of hydrogen-bond donors (Lipinski definition) is 3. The summed E-state index contributed by atoms with van der Waals surface area (Å²) < 4.78 is 5.85. The zero-order valence-corrected chi connectivity index (χ0v) is 17.5. The molecule has 2 aromatic rings. The van der Waals surface area contributed by atoms with E-state index in [0.717, 1.165) is 0 Å². The fourth-order valence-corrected chi connectivity index (χ4v) is 2.71. The molecule has 0 radical (unpaired) electrons. The van der Waals surface area contributed by atoms with Gasteiger partial charge in [-0.05, 0) is 40.2 Å². The van der Waals surface area contributed by atoms with Crippen molar-refractivity contribution in [1.82, 2.24) is 15.2 Å². The Morgan fingerprint density at radius 3 is 2.52 bits per heavy atom. The molecule has 0 saturated heterocycles. The predicted molar refractivity (Wildman–Crippen MR) is 111 cm³/mol. The fourth-order valence-electron chi connectivity index (χ4n) is 2.32. The monoisotopic (exact) mass is 412 g/mol. The Balaban J connectivity index is 2.25. The average Bonchev–Trinajstić information content (AvgIpc) is 2.57. The molecular formula is C18H26Cl2N6O. The maximum absolute atomic E-state index is 6.34. The van der Waals surface area contributed by atoms with Crippen LogP contribution in [0.1, 0.15) is 34.1 Å². The van der Waals surface area contributed by atoms with Crippen LogP contribution in [0, 0.1) is 0 Å². The van der Waals surface area contributed by atoms with Crippen LogP contribution in [-0.4, -0.2) is 39.5 Å². The van der Waals surface area contributed by atoms with Crippen LogP contribution in [-0.2, 0) is 4.74 Å². The van der Waals surface area contributed by atoms with E-state index in [9.17, 15) is 0 Å². The van der Waals surface area contributed by atoms with Crippen molar-refractivity contribution in [3.63, 3.8) is 0 Å². The van der Waals surface area contributed by atoms with Gasteiger partial charge in [0.05, 0.1) is 15.6 Å². The molecular weight excluding hydrogens is 387 g/mol. The van der Waals surface area contributed by atoms with Crippen molar-refractivity contribution in [1.29, 1.82) is 0 Å². The molecule has 0 aliphatic carbocycles. The summed E-state index contributed by atoms with van der Waals surface area (Å²) in [5.41, 5.74) is 11.8. The highest BCUT2D eigenvalue weighted by Gasteiger charge is 2.24. The van der Waals surface area contributed by atoms with Gasteiger partial charge in [-0.1, -0.05) is 35.3 Å². The van der Waals surface area contributed by atoms with Gasteiger partial charge in [-0.3, -0.25) is 0 Å². The number of benzene rings is 1. The highest BCUT2D eigenvalue weighted by atomic mass is 35.5. The molecule has 0 atom stereocenters. The Morgan fingerprint density at radius 1 is 1.15 bits per heavy atom. The standard InChI is InChI=1S/C18H26Cl2N6O/c1-17(2,8-9-27-18(3,4)10-21)24-15-14(25-26-16(22)23-15)11-6-5-7-12(19)13(11)20/h5-7H,8-10,21H2,1-4H3,(H3,22,23,24,26). The molecule has 0 spiro atoms. The molecule has 0 unspecified atom stereocenters. The van der Waals surface area contributed by atoms with Crippen LogP contribution < -0.4 is 16.8 Å². The molecule has 1 heterocycles. The molecule has 7 nitrogen and oxygen atoms in total. The first-order valence-corrected chi connectivity index (χ1v) is 9.37. The summed E-state index contributed by atoms with van der Waals surface area (Å²) >= 11 is 12.5. The van der Waals surface area contributed by atoms with Crippen LogP contribution in [0.15, 0.2) is 18.2 Å². The number of aromatic nitrogens is 3. The molecule has 0 bridgehead atoms. The van der Waals surface area contributed by atoms with Crippen molar-refractivity contribution >= 4 is 35.0 Å². The van der Waals surface area contributed by atoms with E-state index < -0.39 is 0 Å². The zero-order chi connectivity index (χ0) is 20.2. The van der Waals surface area contributed by atoms with E-state index in [4.69, 9.17) is 39.4 Å². The van der Waals surface area contributed by atoms with Gasteiger partial charge in [0.1, 0.15) is 5.69 Å². The van der Waals surface area contributed by atoms with Gasteiger partial charge >= 0.3 is 0 Å². The lowest BCUT2D eigenvalue weighted by molar-refractivity contribution is -0.0157. The van der Waals surface area contributed by atoms with Crippen molar-refractivity contribution in [3.8, 4) is 11.3 Å². The third-order valence-corrected chi connectivity index (χ3v) is 4.90. The largest absolute Gasteiger partial charge is 0.374 e. The first-order chi connectivity index (χ1) is 12.5. The SMILES string of the molecule is CC(C)(CCOC(C)(C)CN)Nc1nc(N)nnc1-c1cccc(Cl)c1Cl. The minimum absolute atomic E-state index is 0.0655. The molecule has 0 aliphatic heterocycles. The van der Waals surface area contributed by atoms with Crippen molar-refractivity contribution in [2.45, 2.75) is 45.3 Å². The topological polar surface area (TPSA) is 112 Å². The lowest BCUT2D eigenvalue weighted by Crippen LogP contribution is -2.38. The summed E-state index contributed by atoms with van der Waals surface area (Å²) in [6, 6.07) is 5.31. The lowest BCUT2D eigenvalue weighted by Gasteiger charge is -2.30. The average molecular weight is 413 g/mol. The number of rotatable bonds is 8. The lowest BCUT2D eigenvalue weighted by atomic mass is 10.0. The summed E-state index contributed by atoms with van der Waals surface area (Å²) in [6.45, 7) is 8.97. The quantitative estimate of drug-likeness (QED) is 0.604. The highest BCUT2D eigenvalue weighted by molar-refractivity contribution is 6.43. The Kier molecular flexibility index (Phi) is 6.86. The summed E-state index contributed by atoms with van der Waals surface area (Å²) in [5.74, 6) is 0.547. The van der Waals surface area contributed by atoms with E-state index in [1.807, 2.05) is 27.7 Å². The van der Waals surface area contributed by atoms with Crippen molar-refractivity contribution in [2.75, 3.05) is 24.2 Å². The third-order valence-electron chi connectivity index (χ3n) is 4.08. The Labute approximate surface area is 169 Å². The minimum atomic E-state index is -0.365. The Bertz CT molecular complexity index is 797. The van der Waals surface area contributed by atoms with Gasteiger partial charge in [-0.25, -0.2) is 0 Å². The molecule has 9 heteroatoms. The van der Waals surface area contributed by atoms with Gasteiger partial charge < -0.3 is 21.5 Å². The van der Waals surface area contributed by atoms with E-state index >= 15 is 0 Å². The first-order valence-electron chi connectivity index (χ1n) is 8.61. The second kappa shape index (κ2) is 8.56. The summed E-state index contributed by atoms with van der Waals surface area (Å²) in [4.78, 5) is 4.31. The van der Waals surface area contributed by atoms with Crippen LogP contribution in [0.25, 0.3) is 11.3 Å². The minimum Gasteiger partial charge on any atom is -0.374 e. The smallest absolute Gasteiger partial charge is 0.242 e. The van der Waals surface area contributed by atoms with E-state index in [1.54, 1.807) is 18.2 Å². The number of nitrogen functional groups attached to an aromatic ring is 1.